The van der Waals surface area contributed by atoms with Crippen molar-refractivity contribution >= 4 is 0 Å². The number of likely N-dealkylation sites (tertiary alicyclic amines) is 1. The summed E-state index contributed by atoms with van der Waals surface area (Å²) in [4.78, 5) is 2.60. The first-order chi connectivity index (χ1) is 8.28. The average Bonchev–Trinajstić information content (AvgIpc) is 2.30. The molecule has 1 aliphatic rings. The van der Waals surface area contributed by atoms with Crippen molar-refractivity contribution in [1.82, 2.24) is 10.2 Å². The zero-order valence-corrected chi connectivity index (χ0v) is 11.1. The van der Waals surface area contributed by atoms with Crippen LogP contribution in [0.3, 0.4) is 0 Å². The van der Waals surface area contributed by atoms with E-state index >= 15 is 0 Å². The highest BCUT2D eigenvalue weighted by Gasteiger charge is 2.19. The standard InChI is InChI=1S/C15H24N2/c1-13-5-3-6-14(9-13)11-17-8-4-7-15(12-17)10-16-2/h3,5-6,9,15-16H,4,7-8,10-12H2,1-2H3. The van der Waals surface area contributed by atoms with Crippen LogP contribution in [0.5, 0.6) is 0 Å². The first kappa shape index (κ1) is 12.6. The first-order valence-corrected chi connectivity index (χ1v) is 6.70. The zero-order chi connectivity index (χ0) is 12.1. The van der Waals surface area contributed by atoms with Gasteiger partial charge in [-0.2, -0.15) is 0 Å². The highest BCUT2D eigenvalue weighted by Crippen LogP contribution is 2.18. The monoisotopic (exact) mass is 232 g/mol. The van der Waals surface area contributed by atoms with E-state index in [1.54, 1.807) is 0 Å². The molecule has 0 aromatic heterocycles. The number of piperidine rings is 1. The molecule has 0 saturated carbocycles. The fraction of sp³-hybridized carbons (Fsp3) is 0.600. The topological polar surface area (TPSA) is 15.3 Å². The van der Waals surface area contributed by atoms with Crippen molar-refractivity contribution in [3.8, 4) is 0 Å². The second kappa shape index (κ2) is 6.18. The lowest BCUT2D eigenvalue weighted by Gasteiger charge is -2.32. The molecular weight excluding hydrogens is 208 g/mol. The van der Waals surface area contributed by atoms with Crippen LogP contribution in [0.25, 0.3) is 0 Å². The van der Waals surface area contributed by atoms with Crippen molar-refractivity contribution in [2.24, 2.45) is 5.92 Å². The molecule has 0 spiro atoms. The summed E-state index contributed by atoms with van der Waals surface area (Å²) in [6.45, 7) is 6.94. The van der Waals surface area contributed by atoms with Crippen LogP contribution in [-0.2, 0) is 6.54 Å². The lowest BCUT2D eigenvalue weighted by atomic mass is 9.97. The Bertz CT molecular complexity index is 347. The number of hydrogen-bond acceptors (Lipinski definition) is 2. The van der Waals surface area contributed by atoms with Gasteiger partial charge in [-0.15, -0.1) is 0 Å². The van der Waals surface area contributed by atoms with Crippen molar-refractivity contribution in [3.63, 3.8) is 0 Å². The predicted octanol–water partition coefficient (Wildman–Crippen LogP) is 2.43. The molecule has 17 heavy (non-hydrogen) atoms. The fourth-order valence-electron chi connectivity index (χ4n) is 2.82. The normalized spacial score (nSPS) is 21.6. The molecule has 0 radical (unpaired) electrons. The molecule has 2 nitrogen and oxygen atoms in total. The van der Waals surface area contributed by atoms with E-state index in [9.17, 15) is 0 Å². The Balaban J connectivity index is 1.90. The third-order valence-corrected chi connectivity index (χ3v) is 3.58. The molecule has 1 aromatic rings. The van der Waals surface area contributed by atoms with E-state index in [0.29, 0.717) is 0 Å². The second-order valence-corrected chi connectivity index (χ2v) is 5.29. The fourth-order valence-corrected chi connectivity index (χ4v) is 2.82. The number of aryl methyl sites for hydroxylation is 1. The summed E-state index contributed by atoms with van der Waals surface area (Å²) in [5, 5.41) is 3.30. The van der Waals surface area contributed by atoms with E-state index in [1.165, 1.54) is 37.1 Å². The largest absolute Gasteiger partial charge is 0.319 e. The molecule has 2 rings (SSSR count). The van der Waals surface area contributed by atoms with Gasteiger partial charge in [0.25, 0.3) is 0 Å². The highest BCUT2D eigenvalue weighted by molar-refractivity contribution is 5.22. The van der Waals surface area contributed by atoms with Gasteiger partial charge in [0.2, 0.25) is 0 Å². The van der Waals surface area contributed by atoms with Gasteiger partial charge in [0, 0.05) is 13.1 Å². The van der Waals surface area contributed by atoms with E-state index in [4.69, 9.17) is 0 Å². The Hall–Kier alpha value is -0.860. The Morgan fingerprint density at radius 1 is 1.41 bits per heavy atom. The molecule has 1 heterocycles. The van der Waals surface area contributed by atoms with Gasteiger partial charge < -0.3 is 5.32 Å². The van der Waals surface area contributed by atoms with Gasteiger partial charge in [-0.05, 0) is 51.4 Å². The number of nitrogens with one attached hydrogen (secondary N) is 1. The molecular formula is C15H24N2. The quantitative estimate of drug-likeness (QED) is 0.857. The summed E-state index contributed by atoms with van der Waals surface area (Å²) < 4.78 is 0. The molecule has 94 valence electrons. The van der Waals surface area contributed by atoms with Crippen LogP contribution in [0, 0.1) is 12.8 Å². The smallest absolute Gasteiger partial charge is 0.0233 e. The Kier molecular flexibility index (Phi) is 4.57. The molecule has 0 bridgehead atoms. The van der Waals surface area contributed by atoms with Gasteiger partial charge >= 0.3 is 0 Å². The molecule has 1 atom stereocenters. The number of hydrogen-bond donors (Lipinski definition) is 1. The van der Waals surface area contributed by atoms with Crippen LogP contribution in [0.2, 0.25) is 0 Å². The van der Waals surface area contributed by atoms with Crippen LogP contribution >= 0.6 is 0 Å². The van der Waals surface area contributed by atoms with Crippen LogP contribution in [-0.4, -0.2) is 31.6 Å². The van der Waals surface area contributed by atoms with Crippen LogP contribution < -0.4 is 5.32 Å². The van der Waals surface area contributed by atoms with Gasteiger partial charge in [-0.25, -0.2) is 0 Å². The number of benzene rings is 1. The summed E-state index contributed by atoms with van der Waals surface area (Å²) >= 11 is 0. The zero-order valence-electron chi connectivity index (χ0n) is 11.1. The SMILES string of the molecule is CNCC1CCCN(Cc2cccc(C)c2)C1. The van der Waals surface area contributed by atoms with Crippen LogP contribution in [0.1, 0.15) is 24.0 Å². The predicted molar refractivity (Wildman–Crippen MR) is 73.1 cm³/mol. The van der Waals surface area contributed by atoms with E-state index in [2.05, 4.69) is 48.5 Å². The van der Waals surface area contributed by atoms with E-state index in [1.807, 2.05) is 0 Å². The minimum Gasteiger partial charge on any atom is -0.319 e. The van der Waals surface area contributed by atoms with Crippen molar-refractivity contribution in [3.05, 3.63) is 35.4 Å². The highest BCUT2D eigenvalue weighted by atomic mass is 15.1. The molecule has 1 unspecified atom stereocenters. The lowest BCUT2D eigenvalue weighted by Crippen LogP contribution is -2.38. The third-order valence-electron chi connectivity index (χ3n) is 3.58. The molecule has 1 fully saturated rings. The molecule has 0 aliphatic carbocycles. The number of rotatable bonds is 4. The molecule has 1 saturated heterocycles. The summed E-state index contributed by atoms with van der Waals surface area (Å²) in [5.41, 5.74) is 2.82. The minimum atomic E-state index is 0.832. The van der Waals surface area contributed by atoms with Gasteiger partial charge in [0.1, 0.15) is 0 Å². The Labute approximate surface area is 105 Å². The maximum Gasteiger partial charge on any atom is 0.0233 e. The lowest BCUT2D eigenvalue weighted by molar-refractivity contribution is 0.167. The molecule has 1 N–H and O–H groups in total. The second-order valence-electron chi connectivity index (χ2n) is 5.29. The van der Waals surface area contributed by atoms with Crippen molar-refractivity contribution in [1.29, 1.82) is 0 Å². The van der Waals surface area contributed by atoms with Crippen molar-refractivity contribution in [2.45, 2.75) is 26.3 Å². The van der Waals surface area contributed by atoms with Gasteiger partial charge in [0.15, 0.2) is 0 Å². The molecule has 1 aliphatic heterocycles. The summed E-state index contributed by atoms with van der Waals surface area (Å²) in [5.74, 6) is 0.832. The van der Waals surface area contributed by atoms with Gasteiger partial charge in [0.05, 0.1) is 0 Å². The maximum atomic E-state index is 3.30. The molecule has 1 aromatic carbocycles. The van der Waals surface area contributed by atoms with E-state index in [-0.39, 0.29) is 0 Å². The van der Waals surface area contributed by atoms with Gasteiger partial charge in [-0.1, -0.05) is 29.8 Å². The molecule has 2 heteroatoms. The molecule has 0 amide bonds. The average molecular weight is 232 g/mol. The van der Waals surface area contributed by atoms with Crippen molar-refractivity contribution in [2.75, 3.05) is 26.7 Å². The third kappa shape index (κ3) is 3.83. The van der Waals surface area contributed by atoms with E-state index < -0.39 is 0 Å². The van der Waals surface area contributed by atoms with Crippen LogP contribution in [0.15, 0.2) is 24.3 Å². The summed E-state index contributed by atoms with van der Waals surface area (Å²) in [7, 11) is 2.06. The van der Waals surface area contributed by atoms with Gasteiger partial charge in [-0.3, -0.25) is 4.90 Å². The number of nitrogens with zero attached hydrogens (tertiary/aromatic N) is 1. The van der Waals surface area contributed by atoms with Crippen LogP contribution in [0.4, 0.5) is 0 Å². The Morgan fingerprint density at radius 3 is 3.06 bits per heavy atom. The first-order valence-electron chi connectivity index (χ1n) is 6.70. The van der Waals surface area contributed by atoms with E-state index in [0.717, 1.165) is 19.0 Å². The maximum absolute atomic E-state index is 3.30. The Morgan fingerprint density at radius 2 is 2.29 bits per heavy atom. The minimum absolute atomic E-state index is 0.832. The van der Waals surface area contributed by atoms with Crippen molar-refractivity contribution < 1.29 is 0 Å². The summed E-state index contributed by atoms with van der Waals surface area (Å²) in [6, 6.07) is 8.89. The summed E-state index contributed by atoms with van der Waals surface area (Å²) in [6.07, 6.45) is 2.73.